The highest BCUT2D eigenvalue weighted by Gasteiger charge is 2.20. The third kappa shape index (κ3) is 4.19. The van der Waals surface area contributed by atoms with E-state index in [-0.39, 0.29) is 5.91 Å². The summed E-state index contributed by atoms with van der Waals surface area (Å²) in [5, 5.41) is 2.67. The molecule has 0 aliphatic carbocycles. The van der Waals surface area contributed by atoms with Gasteiger partial charge in [0.05, 0.1) is 10.2 Å². The molecule has 28 heavy (non-hydrogen) atoms. The van der Waals surface area contributed by atoms with Crippen LogP contribution in [-0.2, 0) is 4.79 Å². The average molecular weight is 416 g/mol. The summed E-state index contributed by atoms with van der Waals surface area (Å²) in [5.74, 6) is 1.36. The van der Waals surface area contributed by atoms with E-state index >= 15 is 0 Å². The number of anilines is 1. The van der Waals surface area contributed by atoms with E-state index in [0.29, 0.717) is 30.6 Å². The molecule has 0 atom stereocenters. The molecule has 0 radical (unpaired) electrons. The van der Waals surface area contributed by atoms with Crippen LogP contribution >= 0.6 is 22.7 Å². The SMILES string of the molecule is CN(C)CCN(C(=O)C=Cc1cccs1)c1nc2cc3c(cc2s1)OCCO3. The van der Waals surface area contributed by atoms with Gasteiger partial charge >= 0.3 is 0 Å². The molecule has 3 aromatic rings. The van der Waals surface area contributed by atoms with Crippen LogP contribution in [0.2, 0.25) is 0 Å². The largest absolute Gasteiger partial charge is 0.486 e. The van der Waals surface area contributed by atoms with Gasteiger partial charge < -0.3 is 14.4 Å². The van der Waals surface area contributed by atoms with Crippen molar-refractivity contribution in [3.8, 4) is 11.5 Å². The van der Waals surface area contributed by atoms with E-state index < -0.39 is 0 Å². The zero-order valence-corrected chi connectivity index (χ0v) is 17.4. The molecule has 146 valence electrons. The van der Waals surface area contributed by atoms with Crippen molar-refractivity contribution >= 4 is 50.0 Å². The zero-order valence-electron chi connectivity index (χ0n) is 15.8. The molecule has 3 heterocycles. The Hall–Kier alpha value is -2.42. The fourth-order valence-corrected chi connectivity index (χ4v) is 4.42. The number of carbonyl (C=O) groups excluding carboxylic acids is 1. The number of amides is 1. The van der Waals surface area contributed by atoms with E-state index in [1.165, 1.54) is 11.3 Å². The first kappa shape index (κ1) is 18.9. The highest BCUT2D eigenvalue weighted by Crippen LogP contribution is 2.38. The smallest absolute Gasteiger partial charge is 0.252 e. The lowest BCUT2D eigenvalue weighted by atomic mass is 10.3. The Morgan fingerprint density at radius 1 is 1.21 bits per heavy atom. The fourth-order valence-electron chi connectivity index (χ4n) is 2.80. The molecule has 1 amide bonds. The molecule has 1 aliphatic rings. The summed E-state index contributed by atoms with van der Waals surface area (Å²) in [7, 11) is 3.98. The van der Waals surface area contributed by atoms with Crippen molar-refractivity contribution in [2.75, 3.05) is 45.3 Å². The summed E-state index contributed by atoms with van der Waals surface area (Å²) in [6, 6.07) is 7.79. The lowest BCUT2D eigenvalue weighted by molar-refractivity contribution is -0.114. The van der Waals surface area contributed by atoms with Crippen molar-refractivity contribution < 1.29 is 14.3 Å². The lowest BCUT2D eigenvalue weighted by Crippen LogP contribution is -2.35. The number of fused-ring (bicyclic) bond motifs is 2. The molecule has 1 aromatic carbocycles. The van der Waals surface area contributed by atoms with E-state index in [4.69, 9.17) is 14.5 Å². The van der Waals surface area contributed by atoms with Gasteiger partial charge in [-0.2, -0.15) is 0 Å². The Balaban J connectivity index is 1.64. The van der Waals surface area contributed by atoms with Gasteiger partial charge in [0.25, 0.3) is 5.91 Å². The summed E-state index contributed by atoms with van der Waals surface area (Å²) in [5.41, 5.74) is 0.814. The number of likely N-dealkylation sites (N-methyl/N-ethyl adjacent to an activating group) is 1. The van der Waals surface area contributed by atoms with E-state index in [1.54, 1.807) is 22.3 Å². The topological polar surface area (TPSA) is 54.9 Å². The molecule has 0 saturated heterocycles. The summed E-state index contributed by atoms with van der Waals surface area (Å²) >= 11 is 3.09. The molecule has 4 rings (SSSR count). The molecule has 0 bridgehead atoms. The van der Waals surface area contributed by atoms with Crippen molar-refractivity contribution in [3.63, 3.8) is 0 Å². The minimum absolute atomic E-state index is 0.0773. The number of aromatic nitrogens is 1. The first-order chi connectivity index (χ1) is 13.6. The Morgan fingerprint density at radius 2 is 2.00 bits per heavy atom. The zero-order chi connectivity index (χ0) is 19.5. The van der Waals surface area contributed by atoms with Gasteiger partial charge in [-0.3, -0.25) is 9.69 Å². The number of benzene rings is 1. The van der Waals surface area contributed by atoms with Crippen molar-refractivity contribution in [3.05, 3.63) is 40.6 Å². The van der Waals surface area contributed by atoms with Gasteiger partial charge in [0.2, 0.25) is 0 Å². The van der Waals surface area contributed by atoms with Crippen molar-refractivity contribution in [1.82, 2.24) is 9.88 Å². The van der Waals surface area contributed by atoms with Gasteiger partial charge in [-0.15, -0.1) is 11.3 Å². The Kier molecular flexibility index (Phi) is 5.61. The number of carbonyl (C=O) groups is 1. The second kappa shape index (κ2) is 8.30. The van der Waals surface area contributed by atoms with Gasteiger partial charge in [-0.05, 0) is 31.6 Å². The van der Waals surface area contributed by atoms with Crippen molar-refractivity contribution in [1.29, 1.82) is 0 Å². The third-order valence-corrected chi connectivity index (χ3v) is 6.12. The number of thiazole rings is 1. The van der Waals surface area contributed by atoms with Crippen LogP contribution in [0.25, 0.3) is 16.3 Å². The molecule has 0 N–H and O–H groups in total. The molecule has 0 spiro atoms. The quantitative estimate of drug-likeness (QED) is 0.574. The number of ether oxygens (including phenoxy) is 2. The average Bonchev–Trinajstić information content (AvgIpc) is 3.33. The van der Waals surface area contributed by atoms with Gasteiger partial charge in [-0.25, -0.2) is 4.98 Å². The molecule has 0 saturated carbocycles. The second-order valence-electron chi connectivity index (χ2n) is 6.60. The minimum atomic E-state index is -0.0773. The summed E-state index contributed by atoms with van der Waals surface area (Å²) < 4.78 is 12.3. The Morgan fingerprint density at radius 3 is 2.71 bits per heavy atom. The standard InChI is InChI=1S/C20H21N3O3S2/c1-22(2)7-8-23(19(24)6-5-14-4-3-11-27-14)20-21-15-12-16-17(13-18(15)28-20)26-10-9-25-16/h3-6,11-13H,7-10H2,1-2H3. The maximum atomic E-state index is 12.9. The molecule has 0 unspecified atom stereocenters. The molecule has 2 aromatic heterocycles. The molecule has 8 heteroatoms. The first-order valence-corrected chi connectivity index (χ1v) is 10.7. The first-order valence-electron chi connectivity index (χ1n) is 8.98. The monoisotopic (exact) mass is 415 g/mol. The molecule has 0 fully saturated rings. The lowest BCUT2D eigenvalue weighted by Gasteiger charge is -2.20. The molecular weight excluding hydrogens is 394 g/mol. The van der Waals surface area contributed by atoms with Crippen LogP contribution in [0, 0.1) is 0 Å². The number of nitrogens with zero attached hydrogens (tertiary/aromatic N) is 3. The van der Waals surface area contributed by atoms with Crippen LogP contribution < -0.4 is 14.4 Å². The molecular formula is C20H21N3O3S2. The van der Waals surface area contributed by atoms with E-state index in [9.17, 15) is 4.79 Å². The Bertz CT molecular complexity index is 953. The van der Waals surface area contributed by atoms with Crippen LogP contribution in [0.5, 0.6) is 11.5 Å². The molecule has 1 aliphatic heterocycles. The van der Waals surface area contributed by atoms with E-state index in [1.807, 2.05) is 49.8 Å². The second-order valence-corrected chi connectivity index (χ2v) is 8.59. The predicted molar refractivity (Wildman–Crippen MR) is 115 cm³/mol. The summed E-state index contributed by atoms with van der Waals surface area (Å²) in [6.45, 7) is 2.39. The summed E-state index contributed by atoms with van der Waals surface area (Å²) in [6.07, 6.45) is 3.47. The predicted octanol–water partition coefficient (Wildman–Crippen LogP) is 3.74. The van der Waals surface area contributed by atoms with Crippen LogP contribution in [0.4, 0.5) is 5.13 Å². The van der Waals surface area contributed by atoms with Crippen LogP contribution in [0.3, 0.4) is 0 Å². The maximum absolute atomic E-state index is 12.9. The van der Waals surface area contributed by atoms with E-state index in [2.05, 4.69) is 4.90 Å². The van der Waals surface area contributed by atoms with E-state index in [0.717, 1.165) is 27.4 Å². The van der Waals surface area contributed by atoms with Gasteiger partial charge in [0, 0.05) is 36.2 Å². The molecule has 6 nitrogen and oxygen atoms in total. The highest BCUT2D eigenvalue weighted by atomic mass is 32.1. The van der Waals surface area contributed by atoms with Gasteiger partial charge in [0.15, 0.2) is 16.6 Å². The van der Waals surface area contributed by atoms with Crippen LogP contribution in [-0.4, -0.2) is 56.2 Å². The van der Waals surface area contributed by atoms with Crippen molar-refractivity contribution in [2.45, 2.75) is 0 Å². The summed E-state index contributed by atoms with van der Waals surface area (Å²) in [4.78, 5) is 22.5. The Labute approximate surface area is 171 Å². The van der Waals surface area contributed by atoms with Gasteiger partial charge in [-0.1, -0.05) is 17.4 Å². The maximum Gasteiger partial charge on any atom is 0.252 e. The van der Waals surface area contributed by atoms with Gasteiger partial charge in [0.1, 0.15) is 13.2 Å². The fraction of sp³-hybridized carbons (Fsp3) is 0.300. The van der Waals surface area contributed by atoms with Crippen molar-refractivity contribution in [2.24, 2.45) is 0 Å². The number of hydrogen-bond donors (Lipinski definition) is 0. The minimum Gasteiger partial charge on any atom is -0.486 e. The normalized spacial score (nSPS) is 13.5. The third-order valence-electron chi connectivity index (χ3n) is 4.24. The highest BCUT2D eigenvalue weighted by molar-refractivity contribution is 7.22. The number of rotatable bonds is 6. The number of thiophene rings is 1. The number of hydrogen-bond acceptors (Lipinski definition) is 7. The van der Waals surface area contributed by atoms with Crippen LogP contribution in [0.15, 0.2) is 35.7 Å². The van der Waals surface area contributed by atoms with Crippen LogP contribution in [0.1, 0.15) is 4.88 Å².